The van der Waals surface area contributed by atoms with E-state index in [1.807, 2.05) is 24.3 Å². The van der Waals surface area contributed by atoms with Crippen LogP contribution in [-0.4, -0.2) is 11.9 Å². The van der Waals surface area contributed by atoms with Crippen molar-refractivity contribution in [2.24, 2.45) is 5.41 Å². The van der Waals surface area contributed by atoms with E-state index in [0.717, 1.165) is 28.6 Å². The zero-order chi connectivity index (χ0) is 12.1. The van der Waals surface area contributed by atoms with E-state index in [-0.39, 0.29) is 0 Å². The number of alkyl halides is 1. The summed E-state index contributed by atoms with van der Waals surface area (Å²) in [4.78, 5) is 0. The molecule has 1 fully saturated rings. The van der Waals surface area contributed by atoms with E-state index in [0.29, 0.717) is 5.41 Å². The highest BCUT2D eigenvalue weighted by molar-refractivity contribution is 9.10. The molecule has 2 rings (SSSR count). The van der Waals surface area contributed by atoms with Crippen molar-refractivity contribution in [3.05, 3.63) is 28.7 Å². The van der Waals surface area contributed by atoms with Crippen LogP contribution in [0.25, 0.3) is 0 Å². The normalized spacial score (nSPS) is 18.2. The summed E-state index contributed by atoms with van der Waals surface area (Å²) >= 11 is 7.09. The monoisotopic (exact) mass is 360 g/mol. The number of halogens is 2. The molecule has 0 N–H and O–H groups in total. The van der Waals surface area contributed by atoms with E-state index in [1.165, 1.54) is 25.7 Å². The Labute approximate surface area is 120 Å². The maximum Gasteiger partial charge on any atom is 0.119 e. The second-order valence-corrected chi connectivity index (χ2v) is 6.37. The molecule has 0 spiro atoms. The first kappa shape index (κ1) is 13.4. The molecule has 94 valence electrons. The van der Waals surface area contributed by atoms with Gasteiger partial charge >= 0.3 is 0 Å². The summed E-state index contributed by atoms with van der Waals surface area (Å²) in [7, 11) is 0. The number of hydrogen-bond donors (Lipinski definition) is 0. The van der Waals surface area contributed by atoms with Gasteiger partial charge in [-0.15, -0.1) is 0 Å². The van der Waals surface area contributed by atoms with Gasteiger partial charge in [0.1, 0.15) is 5.75 Å². The second kappa shape index (κ2) is 6.24. The molecule has 0 unspecified atom stereocenters. The van der Waals surface area contributed by atoms with Gasteiger partial charge in [0.05, 0.1) is 6.61 Å². The Morgan fingerprint density at radius 1 is 1.12 bits per heavy atom. The lowest BCUT2D eigenvalue weighted by Gasteiger charge is -2.26. The fourth-order valence-electron chi connectivity index (χ4n) is 2.49. The summed E-state index contributed by atoms with van der Waals surface area (Å²) in [5.74, 6) is 0.968. The van der Waals surface area contributed by atoms with E-state index >= 15 is 0 Å². The second-order valence-electron chi connectivity index (χ2n) is 4.89. The number of rotatable bonds is 5. The molecule has 1 aliphatic rings. The molecule has 1 nitrogen and oxygen atoms in total. The van der Waals surface area contributed by atoms with E-state index < -0.39 is 0 Å². The lowest BCUT2D eigenvalue weighted by Crippen LogP contribution is -2.21. The quantitative estimate of drug-likeness (QED) is 0.657. The Kier molecular flexibility index (Phi) is 4.92. The van der Waals surface area contributed by atoms with E-state index in [1.54, 1.807) is 0 Å². The van der Waals surface area contributed by atoms with Gasteiger partial charge in [-0.25, -0.2) is 0 Å². The molecule has 1 aromatic rings. The summed E-state index contributed by atoms with van der Waals surface area (Å²) in [6.45, 7) is 0.827. The lowest BCUT2D eigenvalue weighted by atomic mass is 9.85. The minimum absolute atomic E-state index is 0.495. The highest BCUT2D eigenvalue weighted by Gasteiger charge is 2.32. The van der Waals surface area contributed by atoms with Crippen molar-refractivity contribution >= 4 is 31.9 Å². The van der Waals surface area contributed by atoms with Crippen molar-refractivity contribution in [2.45, 2.75) is 32.1 Å². The van der Waals surface area contributed by atoms with Gasteiger partial charge in [-0.05, 0) is 48.9 Å². The van der Waals surface area contributed by atoms with Crippen LogP contribution in [0, 0.1) is 5.41 Å². The van der Waals surface area contributed by atoms with Gasteiger partial charge < -0.3 is 4.74 Å². The van der Waals surface area contributed by atoms with Gasteiger partial charge in [0.15, 0.2) is 0 Å². The molecule has 3 heteroatoms. The fraction of sp³-hybridized carbons (Fsp3) is 0.571. The average Bonchev–Trinajstić information content (AvgIpc) is 2.81. The lowest BCUT2D eigenvalue weighted by molar-refractivity contribution is 0.221. The first-order chi connectivity index (χ1) is 8.24. The highest BCUT2D eigenvalue weighted by atomic mass is 79.9. The van der Waals surface area contributed by atoms with Crippen LogP contribution < -0.4 is 4.74 Å². The minimum atomic E-state index is 0.495. The Bertz CT molecular complexity index is 342. The maximum absolute atomic E-state index is 5.81. The average molecular weight is 362 g/mol. The Hall–Kier alpha value is -0.0200. The standard InChI is InChI=1S/C14H18Br2O/c15-11-14(7-1-2-8-14)9-10-17-13-5-3-12(16)4-6-13/h3-6H,1-2,7-11H2. The first-order valence-corrected chi connectivity index (χ1v) is 8.10. The molecule has 17 heavy (non-hydrogen) atoms. The van der Waals surface area contributed by atoms with Crippen LogP contribution >= 0.6 is 31.9 Å². The third kappa shape index (κ3) is 3.72. The number of hydrogen-bond acceptors (Lipinski definition) is 1. The maximum atomic E-state index is 5.81. The molecular formula is C14H18Br2O. The van der Waals surface area contributed by atoms with Gasteiger partial charge in [-0.1, -0.05) is 44.7 Å². The molecule has 0 atom stereocenters. The SMILES string of the molecule is BrCC1(CCOc2ccc(Br)cc2)CCCC1. The molecule has 0 aliphatic heterocycles. The number of ether oxygens (including phenoxy) is 1. The summed E-state index contributed by atoms with van der Waals surface area (Å²) < 4.78 is 6.90. The van der Waals surface area contributed by atoms with Crippen LogP contribution in [0.5, 0.6) is 5.75 Å². The molecule has 0 heterocycles. The van der Waals surface area contributed by atoms with Crippen LogP contribution in [-0.2, 0) is 0 Å². The third-order valence-electron chi connectivity index (χ3n) is 3.66. The molecule has 1 saturated carbocycles. The molecule has 0 saturated heterocycles. The molecule has 0 aromatic heterocycles. The topological polar surface area (TPSA) is 9.23 Å². The minimum Gasteiger partial charge on any atom is -0.494 e. The van der Waals surface area contributed by atoms with E-state index in [4.69, 9.17) is 4.74 Å². The van der Waals surface area contributed by atoms with Gasteiger partial charge in [0, 0.05) is 9.80 Å². The van der Waals surface area contributed by atoms with Gasteiger partial charge in [0.25, 0.3) is 0 Å². The fourth-order valence-corrected chi connectivity index (χ4v) is 3.60. The summed E-state index contributed by atoms with van der Waals surface area (Å²) in [5, 5.41) is 1.11. The van der Waals surface area contributed by atoms with Crippen LogP contribution in [0.1, 0.15) is 32.1 Å². The van der Waals surface area contributed by atoms with Crippen molar-refractivity contribution in [3.63, 3.8) is 0 Å². The summed E-state index contributed by atoms with van der Waals surface area (Å²) in [5.41, 5.74) is 0.495. The predicted molar refractivity (Wildman–Crippen MR) is 78.9 cm³/mol. The van der Waals surface area contributed by atoms with Gasteiger partial charge in [0.2, 0.25) is 0 Å². The Balaban J connectivity index is 1.80. The van der Waals surface area contributed by atoms with Crippen molar-refractivity contribution in [1.29, 1.82) is 0 Å². The molecule has 0 amide bonds. The zero-order valence-electron chi connectivity index (χ0n) is 9.92. The van der Waals surface area contributed by atoms with Gasteiger partial charge in [-0.2, -0.15) is 0 Å². The van der Waals surface area contributed by atoms with Crippen LogP contribution in [0.15, 0.2) is 28.7 Å². The molecule has 0 radical (unpaired) electrons. The molecule has 1 aromatic carbocycles. The summed E-state index contributed by atoms with van der Waals surface area (Å²) in [6.07, 6.45) is 6.62. The number of benzene rings is 1. The van der Waals surface area contributed by atoms with Crippen molar-refractivity contribution in [3.8, 4) is 5.75 Å². The van der Waals surface area contributed by atoms with Crippen molar-refractivity contribution in [2.75, 3.05) is 11.9 Å². The highest BCUT2D eigenvalue weighted by Crippen LogP contribution is 2.42. The first-order valence-electron chi connectivity index (χ1n) is 6.18. The van der Waals surface area contributed by atoms with E-state index in [9.17, 15) is 0 Å². The Morgan fingerprint density at radius 3 is 2.35 bits per heavy atom. The molecule has 1 aliphatic carbocycles. The molecular weight excluding hydrogens is 344 g/mol. The van der Waals surface area contributed by atoms with Crippen LogP contribution in [0.3, 0.4) is 0 Å². The van der Waals surface area contributed by atoms with Crippen LogP contribution in [0.2, 0.25) is 0 Å². The van der Waals surface area contributed by atoms with Crippen molar-refractivity contribution < 1.29 is 4.74 Å². The molecule has 0 bridgehead atoms. The predicted octanol–water partition coefficient (Wildman–Crippen LogP) is 5.17. The summed E-state index contributed by atoms with van der Waals surface area (Å²) in [6, 6.07) is 8.06. The largest absolute Gasteiger partial charge is 0.494 e. The van der Waals surface area contributed by atoms with Crippen LogP contribution in [0.4, 0.5) is 0 Å². The van der Waals surface area contributed by atoms with E-state index in [2.05, 4.69) is 31.9 Å². The Morgan fingerprint density at radius 2 is 1.76 bits per heavy atom. The smallest absolute Gasteiger partial charge is 0.119 e. The van der Waals surface area contributed by atoms with Gasteiger partial charge in [-0.3, -0.25) is 0 Å². The van der Waals surface area contributed by atoms with Crippen molar-refractivity contribution in [1.82, 2.24) is 0 Å². The third-order valence-corrected chi connectivity index (χ3v) is 5.38. The zero-order valence-corrected chi connectivity index (χ0v) is 13.1.